The van der Waals surface area contributed by atoms with Gasteiger partial charge in [0.25, 0.3) is 5.91 Å². The average Bonchev–Trinajstić information content (AvgIpc) is 2.88. The second-order valence-electron chi connectivity index (χ2n) is 5.27. The zero-order valence-electron chi connectivity index (χ0n) is 13.2. The predicted molar refractivity (Wildman–Crippen MR) is 101 cm³/mol. The fourth-order valence-electron chi connectivity index (χ4n) is 2.28. The molecular formula is C18H12NO5S2-. The van der Waals surface area contributed by atoms with Crippen LogP contribution in [0.2, 0.25) is 0 Å². The Labute approximate surface area is 158 Å². The molecule has 0 unspecified atom stereocenters. The summed E-state index contributed by atoms with van der Waals surface area (Å²) in [4.78, 5) is 24.8. The number of rotatable bonds is 5. The van der Waals surface area contributed by atoms with Gasteiger partial charge >= 0.3 is 0 Å². The SMILES string of the molecule is O=C([O-])COc1ccc(/C=C2\SC(=S)N(c3cccc(O)c3)C2=O)cc1. The number of aromatic hydroxyl groups is 1. The van der Waals surface area contributed by atoms with Gasteiger partial charge in [0.2, 0.25) is 0 Å². The van der Waals surface area contributed by atoms with Gasteiger partial charge in [-0.2, -0.15) is 0 Å². The predicted octanol–water partition coefficient (Wildman–Crippen LogP) is 1.93. The molecule has 1 saturated heterocycles. The van der Waals surface area contributed by atoms with Crippen molar-refractivity contribution in [3.8, 4) is 11.5 Å². The van der Waals surface area contributed by atoms with E-state index in [-0.39, 0.29) is 11.7 Å². The summed E-state index contributed by atoms with van der Waals surface area (Å²) in [5.41, 5.74) is 1.24. The Morgan fingerprint density at radius 1 is 1.27 bits per heavy atom. The number of phenolic OH excluding ortho intramolecular Hbond substituents is 1. The number of benzene rings is 2. The summed E-state index contributed by atoms with van der Waals surface area (Å²) in [5.74, 6) is -1.14. The first-order valence-electron chi connectivity index (χ1n) is 7.44. The van der Waals surface area contributed by atoms with E-state index in [0.717, 1.165) is 5.56 Å². The minimum Gasteiger partial charge on any atom is -0.546 e. The van der Waals surface area contributed by atoms with Crippen LogP contribution in [-0.4, -0.2) is 27.9 Å². The van der Waals surface area contributed by atoms with Gasteiger partial charge in [0.15, 0.2) is 4.32 Å². The fourth-order valence-corrected chi connectivity index (χ4v) is 3.58. The summed E-state index contributed by atoms with van der Waals surface area (Å²) >= 11 is 6.45. The van der Waals surface area contributed by atoms with Crippen molar-refractivity contribution >= 4 is 51.9 Å². The number of anilines is 1. The van der Waals surface area contributed by atoms with Gasteiger partial charge in [0, 0.05) is 6.07 Å². The summed E-state index contributed by atoms with van der Waals surface area (Å²) in [6, 6.07) is 12.9. The Bertz CT molecular complexity index is 908. The second-order valence-corrected chi connectivity index (χ2v) is 6.94. The number of thiocarbonyl (C=S) groups is 1. The third-order valence-electron chi connectivity index (χ3n) is 3.42. The molecule has 1 fully saturated rings. The van der Waals surface area contributed by atoms with Gasteiger partial charge in [-0.05, 0) is 35.9 Å². The number of carbonyl (C=O) groups is 2. The Morgan fingerprint density at radius 2 is 2.00 bits per heavy atom. The molecule has 0 saturated carbocycles. The molecule has 1 heterocycles. The fraction of sp³-hybridized carbons (Fsp3) is 0.0556. The average molecular weight is 386 g/mol. The lowest BCUT2D eigenvalue weighted by molar-refractivity contribution is -0.307. The highest BCUT2D eigenvalue weighted by molar-refractivity contribution is 8.27. The zero-order valence-corrected chi connectivity index (χ0v) is 14.9. The standard InChI is InChI=1S/C18H13NO5S2/c20-13-3-1-2-12(9-13)19-17(23)15(26-18(19)25)8-11-4-6-14(7-5-11)24-10-16(21)22/h1-9,20H,10H2,(H,21,22)/p-1/b15-8-. The van der Waals surface area contributed by atoms with E-state index in [4.69, 9.17) is 17.0 Å². The molecule has 1 aliphatic heterocycles. The molecular weight excluding hydrogens is 374 g/mol. The number of ether oxygens (including phenoxy) is 1. The molecule has 0 bridgehead atoms. The van der Waals surface area contributed by atoms with E-state index in [1.54, 1.807) is 42.5 Å². The van der Waals surface area contributed by atoms with Crippen LogP contribution in [0.5, 0.6) is 11.5 Å². The first kappa shape index (κ1) is 18.0. The molecule has 0 radical (unpaired) electrons. The van der Waals surface area contributed by atoms with Crippen LogP contribution in [0.25, 0.3) is 6.08 Å². The molecule has 6 nitrogen and oxygen atoms in total. The Morgan fingerprint density at radius 3 is 2.65 bits per heavy atom. The van der Waals surface area contributed by atoms with Crippen molar-refractivity contribution in [1.82, 2.24) is 0 Å². The molecule has 26 heavy (non-hydrogen) atoms. The highest BCUT2D eigenvalue weighted by Gasteiger charge is 2.33. The monoisotopic (exact) mass is 386 g/mol. The van der Waals surface area contributed by atoms with E-state index >= 15 is 0 Å². The van der Waals surface area contributed by atoms with Crippen LogP contribution in [0.1, 0.15) is 5.56 Å². The lowest BCUT2D eigenvalue weighted by Crippen LogP contribution is -2.28. The van der Waals surface area contributed by atoms with Crippen LogP contribution in [0, 0.1) is 0 Å². The van der Waals surface area contributed by atoms with Crippen molar-refractivity contribution in [1.29, 1.82) is 0 Å². The van der Waals surface area contributed by atoms with Gasteiger partial charge in [0.1, 0.15) is 18.1 Å². The largest absolute Gasteiger partial charge is 0.546 e. The summed E-state index contributed by atoms with van der Waals surface area (Å²) in [7, 11) is 0. The van der Waals surface area contributed by atoms with E-state index < -0.39 is 12.6 Å². The maximum absolute atomic E-state index is 12.6. The Balaban J connectivity index is 1.78. The van der Waals surface area contributed by atoms with E-state index in [0.29, 0.717) is 20.7 Å². The third-order valence-corrected chi connectivity index (χ3v) is 4.72. The molecule has 0 spiro atoms. The molecule has 132 valence electrons. The minimum atomic E-state index is -1.30. The van der Waals surface area contributed by atoms with Crippen molar-refractivity contribution in [2.75, 3.05) is 11.5 Å². The maximum Gasteiger partial charge on any atom is 0.270 e. The van der Waals surface area contributed by atoms with Gasteiger partial charge in [-0.15, -0.1) is 0 Å². The Hall–Kier alpha value is -2.84. The molecule has 0 atom stereocenters. The van der Waals surface area contributed by atoms with Crippen LogP contribution in [0.4, 0.5) is 5.69 Å². The summed E-state index contributed by atoms with van der Waals surface area (Å²) < 4.78 is 5.38. The number of carboxylic acids is 1. The topological polar surface area (TPSA) is 89.9 Å². The molecule has 1 amide bonds. The third kappa shape index (κ3) is 4.04. The number of carboxylic acid groups (broad SMARTS) is 1. The minimum absolute atomic E-state index is 0.0488. The number of aliphatic carboxylic acids is 1. The molecule has 1 aliphatic rings. The normalized spacial score (nSPS) is 15.5. The van der Waals surface area contributed by atoms with Crippen LogP contribution >= 0.6 is 24.0 Å². The second kappa shape index (κ2) is 7.59. The lowest BCUT2D eigenvalue weighted by Gasteiger charge is -2.14. The summed E-state index contributed by atoms with van der Waals surface area (Å²) in [5, 5.41) is 20.0. The van der Waals surface area contributed by atoms with Crippen LogP contribution < -0.4 is 14.7 Å². The molecule has 1 N–H and O–H groups in total. The number of carbonyl (C=O) groups excluding carboxylic acids is 2. The van der Waals surface area contributed by atoms with Crippen molar-refractivity contribution in [3.05, 3.63) is 59.0 Å². The number of amides is 1. The number of hydrogen-bond acceptors (Lipinski definition) is 7. The van der Waals surface area contributed by atoms with E-state index in [1.165, 1.54) is 28.8 Å². The Kier molecular flexibility index (Phi) is 5.24. The number of nitrogens with zero attached hydrogens (tertiary/aromatic N) is 1. The highest BCUT2D eigenvalue weighted by Crippen LogP contribution is 2.36. The quantitative estimate of drug-likeness (QED) is 0.620. The van der Waals surface area contributed by atoms with Crippen molar-refractivity contribution in [2.24, 2.45) is 0 Å². The first-order chi connectivity index (χ1) is 12.4. The van der Waals surface area contributed by atoms with Gasteiger partial charge in [-0.1, -0.05) is 42.2 Å². The molecule has 0 aromatic heterocycles. The van der Waals surface area contributed by atoms with Gasteiger partial charge in [-0.3, -0.25) is 9.69 Å². The van der Waals surface area contributed by atoms with Gasteiger partial charge in [-0.25, -0.2) is 0 Å². The molecule has 0 aliphatic carbocycles. The molecule has 2 aromatic carbocycles. The summed E-state index contributed by atoms with van der Waals surface area (Å²) in [6.45, 7) is -0.526. The smallest absolute Gasteiger partial charge is 0.270 e. The number of hydrogen-bond donors (Lipinski definition) is 1. The molecule has 2 aromatic rings. The van der Waals surface area contributed by atoms with E-state index in [1.807, 2.05) is 0 Å². The van der Waals surface area contributed by atoms with Crippen molar-refractivity contribution < 1.29 is 24.5 Å². The summed E-state index contributed by atoms with van der Waals surface area (Å²) in [6.07, 6.45) is 1.69. The van der Waals surface area contributed by atoms with E-state index in [2.05, 4.69) is 0 Å². The van der Waals surface area contributed by atoms with Crippen LogP contribution in [0.3, 0.4) is 0 Å². The van der Waals surface area contributed by atoms with Crippen LogP contribution in [0.15, 0.2) is 53.4 Å². The lowest BCUT2D eigenvalue weighted by atomic mass is 10.2. The number of thioether (sulfide) groups is 1. The van der Waals surface area contributed by atoms with Gasteiger partial charge < -0.3 is 19.7 Å². The van der Waals surface area contributed by atoms with Gasteiger partial charge in [0.05, 0.1) is 16.6 Å². The van der Waals surface area contributed by atoms with Crippen molar-refractivity contribution in [2.45, 2.75) is 0 Å². The van der Waals surface area contributed by atoms with E-state index in [9.17, 15) is 19.8 Å². The molecule has 8 heteroatoms. The van der Waals surface area contributed by atoms with Crippen molar-refractivity contribution in [3.63, 3.8) is 0 Å². The molecule has 3 rings (SSSR count). The zero-order chi connectivity index (χ0) is 18.7. The number of phenols is 1. The first-order valence-corrected chi connectivity index (χ1v) is 8.66. The van der Waals surface area contributed by atoms with Crippen LogP contribution in [-0.2, 0) is 9.59 Å². The highest BCUT2D eigenvalue weighted by atomic mass is 32.2. The maximum atomic E-state index is 12.6.